The third kappa shape index (κ3) is 8.84. The molecule has 0 spiro atoms. The summed E-state index contributed by atoms with van der Waals surface area (Å²) in [4.78, 5) is 17.1. The number of rotatable bonds is 16. The van der Waals surface area contributed by atoms with Crippen molar-refractivity contribution in [3.63, 3.8) is 0 Å². The molecule has 0 saturated heterocycles. The topological polar surface area (TPSA) is 64.4 Å². The summed E-state index contributed by atoms with van der Waals surface area (Å²) in [6.07, 6.45) is 8.06. The second kappa shape index (κ2) is 15.6. The number of nitrogens with one attached hydrogen (secondary N) is 1. The van der Waals surface area contributed by atoms with E-state index in [2.05, 4.69) is 79.7 Å². The van der Waals surface area contributed by atoms with Gasteiger partial charge in [-0.1, -0.05) is 43.2 Å². The number of hydrogen-bond donors (Lipinski definition) is 1. The number of carbonyl (C=O) groups excluding carboxylic acids is 1. The van der Waals surface area contributed by atoms with Crippen LogP contribution in [-0.2, 0) is 17.6 Å². The minimum absolute atomic E-state index is 0.0967. The fourth-order valence-electron chi connectivity index (χ4n) is 5.15. The van der Waals surface area contributed by atoms with E-state index in [1.54, 1.807) is 0 Å². The third-order valence-corrected chi connectivity index (χ3v) is 8.64. The van der Waals surface area contributed by atoms with Gasteiger partial charge in [0, 0.05) is 28.6 Å². The summed E-state index contributed by atoms with van der Waals surface area (Å²) in [5.41, 5.74) is 6.46. The molecule has 44 heavy (non-hydrogen) atoms. The maximum absolute atomic E-state index is 12.3. The van der Waals surface area contributed by atoms with Crippen LogP contribution in [0, 0.1) is 0 Å². The molecule has 0 atom stereocenters. The first-order valence-electron chi connectivity index (χ1n) is 15.1. The molecule has 232 valence electrons. The summed E-state index contributed by atoms with van der Waals surface area (Å²) >= 11 is 9.72. The van der Waals surface area contributed by atoms with Gasteiger partial charge in [0.25, 0.3) is 5.91 Å². The van der Waals surface area contributed by atoms with E-state index < -0.39 is 0 Å². The highest BCUT2D eigenvalue weighted by Crippen LogP contribution is 2.37. The summed E-state index contributed by atoms with van der Waals surface area (Å²) in [5.74, 6) is 1.46. The highest BCUT2D eigenvalue weighted by Gasteiger charge is 2.20. The van der Waals surface area contributed by atoms with Crippen LogP contribution >= 0.6 is 27.5 Å². The van der Waals surface area contributed by atoms with Gasteiger partial charge < -0.3 is 19.0 Å². The van der Waals surface area contributed by atoms with Crippen molar-refractivity contribution in [1.82, 2.24) is 10.3 Å². The summed E-state index contributed by atoms with van der Waals surface area (Å²) in [6, 6.07) is 16.1. The Morgan fingerprint density at radius 1 is 1.07 bits per heavy atom. The standard InChI is InChI=1S/C36H41BrClN3O3/c1-6-9-17-39-34(42)24-41(4,5)18-10-19-43-33-16-14-26(22-27(33)12-8-3)29-20-25(11-7-2)21-32-35(29)44-36(40-32)28-13-15-31(38)30(37)23-28/h7-8,13-16,20-23H,2-3,6,9-12,17-19,24H2,1,4-5H3/p+1. The van der Waals surface area contributed by atoms with Gasteiger partial charge in [0.05, 0.1) is 32.3 Å². The van der Waals surface area contributed by atoms with Crippen molar-refractivity contribution in [3.8, 4) is 28.3 Å². The fourth-order valence-corrected chi connectivity index (χ4v) is 5.64. The monoisotopic (exact) mass is 678 g/mol. The van der Waals surface area contributed by atoms with Crippen molar-refractivity contribution >= 4 is 44.5 Å². The van der Waals surface area contributed by atoms with Crippen LogP contribution in [0.2, 0.25) is 5.02 Å². The van der Waals surface area contributed by atoms with Gasteiger partial charge in [0.1, 0.15) is 11.3 Å². The van der Waals surface area contributed by atoms with Crippen LogP contribution in [-0.4, -0.2) is 55.7 Å². The maximum Gasteiger partial charge on any atom is 0.275 e. The van der Waals surface area contributed by atoms with E-state index in [1.165, 1.54) is 0 Å². The molecular formula is C36H42BrClN3O3+. The lowest BCUT2D eigenvalue weighted by Gasteiger charge is -2.29. The molecule has 0 unspecified atom stereocenters. The number of amides is 1. The second-order valence-corrected chi connectivity index (χ2v) is 12.9. The average molecular weight is 680 g/mol. The number of unbranched alkanes of at least 4 members (excludes halogenated alkanes) is 1. The predicted molar refractivity (Wildman–Crippen MR) is 185 cm³/mol. The Bertz CT molecular complexity index is 1630. The number of halogens is 2. The first-order chi connectivity index (χ1) is 21.1. The van der Waals surface area contributed by atoms with Crippen LogP contribution in [0.5, 0.6) is 5.75 Å². The summed E-state index contributed by atoms with van der Waals surface area (Å²) in [5, 5.41) is 3.64. The van der Waals surface area contributed by atoms with Gasteiger partial charge >= 0.3 is 0 Å². The number of likely N-dealkylation sites (N-methyl/N-ethyl adjacent to an activating group) is 1. The fraction of sp³-hybridized carbons (Fsp3) is 0.333. The zero-order chi connectivity index (χ0) is 31.7. The Kier molecular flexibility index (Phi) is 11.8. The van der Waals surface area contributed by atoms with Gasteiger partial charge in [0.2, 0.25) is 5.89 Å². The first-order valence-corrected chi connectivity index (χ1v) is 16.3. The highest BCUT2D eigenvalue weighted by atomic mass is 79.9. The molecule has 0 radical (unpaired) electrons. The molecule has 1 aromatic heterocycles. The number of quaternary nitrogens is 1. The molecule has 4 aromatic rings. The van der Waals surface area contributed by atoms with Crippen molar-refractivity contribution in [1.29, 1.82) is 0 Å². The summed E-state index contributed by atoms with van der Waals surface area (Å²) in [7, 11) is 4.17. The smallest absolute Gasteiger partial charge is 0.275 e. The molecular weight excluding hydrogens is 638 g/mol. The van der Waals surface area contributed by atoms with E-state index in [1.807, 2.05) is 36.4 Å². The molecule has 0 aliphatic rings. The molecule has 0 aliphatic heterocycles. The Balaban J connectivity index is 1.54. The molecule has 1 heterocycles. The summed E-state index contributed by atoms with van der Waals surface area (Å²) in [6.45, 7) is 12.6. The number of allylic oxidation sites excluding steroid dienone is 2. The molecule has 0 bridgehead atoms. The van der Waals surface area contributed by atoms with Crippen molar-refractivity contribution in [3.05, 3.63) is 94.5 Å². The normalized spacial score (nSPS) is 11.5. The number of benzene rings is 3. The summed E-state index contributed by atoms with van der Waals surface area (Å²) < 4.78 is 14.0. The predicted octanol–water partition coefficient (Wildman–Crippen LogP) is 8.80. The number of fused-ring (bicyclic) bond motifs is 1. The Hall–Kier alpha value is -3.39. The molecule has 0 saturated carbocycles. The van der Waals surface area contributed by atoms with Crippen LogP contribution in [0.4, 0.5) is 0 Å². The maximum atomic E-state index is 12.3. The molecule has 0 aliphatic carbocycles. The number of hydrogen-bond acceptors (Lipinski definition) is 4. The molecule has 3 aromatic carbocycles. The number of ether oxygens (including phenoxy) is 1. The van der Waals surface area contributed by atoms with Crippen molar-refractivity contribution < 1.29 is 18.4 Å². The van der Waals surface area contributed by atoms with Crippen LogP contribution in [0.25, 0.3) is 33.7 Å². The molecule has 4 rings (SSSR count). The van der Waals surface area contributed by atoms with Crippen molar-refractivity contribution in [2.75, 3.05) is 40.3 Å². The molecule has 1 amide bonds. The number of carbonyl (C=O) groups is 1. The minimum atomic E-state index is 0.0967. The highest BCUT2D eigenvalue weighted by molar-refractivity contribution is 9.10. The molecule has 0 fully saturated rings. The zero-order valence-electron chi connectivity index (χ0n) is 25.9. The first kappa shape index (κ1) is 33.5. The largest absolute Gasteiger partial charge is 0.493 e. The van der Waals surface area contributed by atoms with Crippen LogP contribution in [0.15, 0.2) is 82.7 Å². The van der Waals surface area contributed by atoms with Crippen molar-refractivity contribution in [2.45, 2.75) is 39.0 Å². The van der Waals surface area contributed by atoms with Gasteiger partial charge in [-0.15, -0.1) is 13.2 Å². The third-order valence-electron chi connectivity index (χ3n) is 7.42. The quantitative estimate of drug-likeness (QED) is 0.0731. The lowest BCUT2D eigenvalue weighted by Crippen LogP contribution is -2.48. The number of nitrogens with zero attached hydrogens (tertiary/aromatic N) is 2. The molecule has 1 N–H and O–H groups in total. The molecule has 6 nitrogen and oxygen atoms in total. The lowest BCUT2D eigenvalue weighted by atomic mass is 9.97. The molecule has 8 heteroatoms. The van der Waals surface area contributed by atoms with E-state index in [-0.39, 0.29) is 5.91 Å². The van der Waals surface area contributed by atoms with E-state index in [0.29, 0.717) is 41.4 Å². The van der Waals surface area contributed by atoms with E-state index in [0.717, 1.165) is 81.5 Å². The van der Waals surface area contributed by atoms with Crippen LogP contribution in [0.3, 0.4) is 0 Å². The van der Waals surface area contributed by atoms with Crippen LogP contribution in [0.1, 0.15) is 37.3 Å². The van der Waals surface area contributed by atoms with Gasteiger partial charge in [-0.3, -0.25) is 4.79 Å². The van der Waals surface area contributed by atoms with Gasteiger partial charge in [-0.05, 0) is 94.3 Å². The van der Waals surface area contributed by atoms with Gasteiger partial charge in [-0.25, -0.2) is 4.98 Å². The Morgan fingerprint density at radius 3 is 2.57 bits per heavy atom. The number of aromatic nitrogens is 1. The van der Waals surface area contributed by atoms with Crippen molar-refractivity contribution in [2.24, 2.45) is 0 Å². The Labute approximate surface area is 274 Å². The second-order valence-electron chi connectivity index (χ2n) is 11.7. The number of oxazole rings is 1. The average Bonchev–Trinajstić information content (AvgIpc) is 3.41. The Morgan fingerprint density at radius 2 is 1.84 bits per heavy atom. The van der Waals surface area contributed by atoms with E-state index >= 15 is 0 Å². The van der Waals surface area contributed by atoms with E-state index in [9.17, 15) is 4.79 Å². The lowest BCUT2D eigenvalue weighted by molar-refractivity contribution is -0.882. The van der Waals surface area contributed by atoms with E-state index in [4.69, 9.17) is 25.7 Å². The van der Waals surface area contributed by atoms with Crippen LogP contribution < -0.4 is 10.1 Å². The minimum Gasteiger partial charge on any atom is -0.493 e. The van der Waals surface area contributed by atoms with Gasteiger partial charge in [-0.2, -0.15) is 0 Å². The SMILES string of the molecule is C=CCc1cc(-c2ccc(OCCC[N+](C)(C)CC(=O)NCCCC)c(CC=C)c2)c2oc(-c3ccc(Cl)c(Br)c3)nc2c1. The zero-order valence-corrected chi connectivity index (χ0v) is 28.3. The van der Waals surface area contributed by atoms with Gasteiger partial charge in [0.15, 0.2) is 12.1 Å².